The highest BCUT2D eigenvalue weighted by Gasteiger charge is 2.34. The summed E-state index contributed by atoms with van der Waals surface area (Å²) in [6.45, 7) is 6.14. The van der Waals surface area contributed by atoms with Gasteiger partial charge in [0, 0.05) is 49.9 Å². The van der Waals surface area contributed by atoms with Crippen molar-refractivity contribution in [2.24, 2.45) is 5.92 Å². The Morgan fingerprint density at radius 2 is 2.00 bits per heavy atom. The molecule has 0 aliphatic carbocycles. The maximum Gasteiger partial charge on any atom is 0.322 e. The molecule has 0 saturated carbocycles. The number of β-amino-alcohol motifs (C(OH)–C–C–N with tert-alkyl or cyclic N) is 1. The topological polar surface area (TPSA) is 93.2 Å². The number of nitrogens with zero attached hydrogens (tertiary/aromatic N) is 3. The molecule has 9 heteroatoms. The van der Waals surface area contributed by atoms with E-state index >= 15 is 0 Å². The van der Waals surface area contributed by atoms with E-state index in [2.05, 4.69) is 5.32 Å². The van der Waals surface area contributed by atoms with Gasteiger partial charge in [-0.1, -0.05) is 24.6 Å². The van der Waals surface area contributed by atoms with E-state index in [4.69, 9.17) is 11.6 Å². The Kier molecular flexibility index (Phi) is 7.78. The zero-order valence-electron chi connectivity index (χ0n) is 18.1. The second-order valence-corrected chi connectivity index (χ2v) is 8.97. The summed E-state index contributed by atoms with van der Waals surface area (Å²) in [6, 6.07) is 5.95. The van der Waals surface area contributed by atoms with E-state index in [0.29, 0.717) is 62.2 Å². The summed E-state index contributed by atoms with van der Waals surface area (Å²) in [7, 11) is 0. The Balaban J connectivity index is 1.46. The fraction of sp³-hybridized carbons (Fsp3) is 0.591. The van der Waals surface area contributed by atoms with Gasteiger partial charge in [-0.15, -0.1) is 0 Å². The normalized spacial score (nSPS) is 24.3. The highest BCUT2D eigenvalue weighted by atomic mass is 35.5. The van der Waals surface area contributed by atoms with Crippen molar-refractivity contribution in [3.63, 3.8) is 0 Å². The fourth-order valence-corrected chi connectivity index (χ4v) is 4.48. The van der Waals surface area contributed by atoms with E-state index in [1.807, 2.05) is 6.92 Å². The SMILES string of the molecule is C[C@H]1CC(O)CN(C(=O)CCCN2CCN(C(=O)Nc3cccc(Cl)c3)[C@@H](C)C2=O)C1. The number of piperidine rings is 1. The van der Waals surface area contributed by atoms with Gasteiger partial charge in [-0.2, -0.15) is 0 Å². The number of halogens is 1. The van der Waals surface area contributed by atoms with Crippen LogP contribution in [0.4, 0.5) is 10.5 Å². The molecule has 2 aliphatic rings. The number of nitrogens with one attached hydrogen (secondary N) is 1. The molecule has 2 saturated heterocycles. The van der Waals surface area contributed by atoms with Gasteiger partial charge in [0.05, 0.1) is 6.10 Å². The van der Waals surface area contributed by atoms with Gasteiger partial charge < -0.3 is 25.1 Å². The van der Waals surface area contributed by atoms with E-state index in [1.165, 1.54) is 4.90 Å². The first-order chi connectivity index (χ1) is 14.7. The van der Waals surface area contributed by atoms with Crippen LogP contribution in [0.2, 0.25) is 5.02 Å². The first kappa shape index (κ1) is 23.3. The second-order valence-electron chi connectivity index (χ2n) is 8.53. The zero-order valence-corrected chi connectivity index (χ0v) is 18.8. The molecule has 3 rings (SSSR count). The highest BCUT2D eigenvalue weighted by Crippen LogP contribution is 2.19. The minimum Gasteiger partial charge on any atom is -0.391 e. The van der Waals surface area contributed by atoms with Gasteiger partial charge in [-0.3, -0.25) is 9.59 Å². The van der Waals surface area contributed by atoms with Gasteiger partial charge in [0.2, 0.25) is 11.8 Å². The molecule has 2 fully saturated rings. The summed E-state index contributed by atoms with van der Waals surface area (Å²) < 4.78 is 0. The second kappa shape index (κ2) is 10.3. The summed E-state index contributed by atoms with van der Waals surface area (Å²) in [6.07, 6.45) is 1.18. The van der Waals surface area contributed by atoms with Crippen molar-refractivity contribution in [2.45, 2.75) is 45.3 Å². The first-order valence-corrected chi connectivity index (χ1v) is 11.2. The van der Waals surface area contributed by atoms with Crippen LogP contribution in [0.1, 0.15) is 33.1 Å². The number of aliphatic hydroxyl groups is 1. The molecule has 2 heterocycles. The van der Waals surface area contributed by atoms with Crippen LogP contribution in [0, 0.1) is 5.92 Å². The molecule has 2 N–H and O–H groups in total. The van der Waals surface area contributed by atoms with E-state index in [0.717, 1.165) is 6.42 Å². The van der Waals surface area contributed by atoms with E-state index in [1.54, 1.807) is 41.0 Å². The van der Waals surface area contributed by atoms with Crippen LogP contribution < -0.4 is 5.32 Å². The standard InChI is InChI=1S/C22H31ClN4O4/c1-15-11-19(28)14-26(13-15)20(29)7-4-8-25-9-10-27(16(2)21(25)30)22(31)24-18-6-3-5-17(23)12-18/h3,5-6,12,15-16,19,28H,4,7-11,13-14H2,1-2H3,(H,24,31)/t15-,16-,19?/m0/s1. The summed E-state index contributed by atoms with van der Waals surface area (Å²) >= 11 is 5.95. The molecule has 1 aromatic rings. The van der Waals surface area contributed by atoms with Crippen molar-refractivity contribution < 1.29 is 19.5 Å². The fourth-order valence-electron chi connectivity index (χ4n) is 4.29. The van der Waals surface area contributed by atoms with Gasteiger partial charge in [0.25, 0.3) is 0 Å². The van der Waals surface area contributed by atoms with Crippen LogP contribution >= 0.6 is 11.6 Å². The molecule has 8 nitrogen and oxygen atoms in total. The number of likely N-dealkylation sites (tertiary alicyclic amines) is 1. The molecule has 0 spiro atoms. The van der Waals surface area contributed by atoms with Crippen LogP contribution in [0.25, 0.3) is 0 Å². The first-order valence-electron chi connectivity index (χ1n) is 10.8. The number of rotatable bonds is 5. The summed E-state index contributed by atoms with van der Waals surface area (Å²) in [5, 5.41) is 13.2. The zero-order chi connectivity index (χ0) is 22.5. The van der Waals surface area contributed by atoms with E-state index < -0.39 is 12.1 Å². The molecule has 0 aromatic heterocycles. The van der Waals surface area contributed by atoms with E-state index in [9.17, 15) is 19.5 Å². The molecule has 170 valence electrons. The molecule has 1 unspecified atom stereocenters. The van der Waals surface area contributed by atoms with Gasteiger partial charge in [-0.25, -0.2) is 4.79 Å². The van der Waals surface area contributed by atoms with Crippen LogP contribution in [0.5, 0.6) is 0 Å². The van der Waals surface area contributed by atoms with Crippen LogP contribution in [-0.4, -0.2) is 82.5 Å². The largest absolute Gasteiger partial charge is 0.391 e. The molecular formula is C22H31ClN4O4. The van der Waals surface area contributed by atoms with Gasteiger partial charge in [0.15, 0.2) is 0 Å². The third-order valence-corrected chi connectivity index (χ3v) is 6.13. The average Bonchev–Trinajstić information content (AvgIpc) is 2.70. The van der Waals surface area contributed by atoms with Gasteiger partial charge in [-0.05, 0) is 43.9 Å². The molecule has 4 amide bonds. The number of urea groups is 1. The van der Waals surface area contributed by atoms with Gasteiger partial charge >= 0.3 is 6.03 Å². The highest BCUT2D eigenvalue weighted by molar-refractivity contribution is 6.30. The number of carbonyl (C=O) groups excluding carboxylic acids is 3. The number of carbonyl (C=O) groups is 3. The van der Waals surface area contributed by atoms with Crippen LogP contribution in [-0.2, 0) is 9.59 Å². The summed E-state index contributed by atoms with van der Waals surface area (Å²) in [5.41, 5.74) is 0.579. The number of amides is 4. The maximum absolute atomic E-state index is 12.8. The number of anilines is 1. The quantitative estimate of drug-likeness (QED) is 0.720. The van der Waals surface area contributed by atoms with Crippen molar-refractivity contribution in [3.8, 4) is 0 Å². The smallest absolute Gasteiger partial charge is 0.322 e. The molecular weight excluding hydrogens is 420 g/mol. The van der Waals surface area contributed by atoms with Crippen molar-refractivity contribution >= 4 is 35.1 Å². The predicted molar refractivity (Wildman–Crippen MR) is 119 cm³/mol. The third kappa shape index (κ3) is 6.11. The summed E-state index contributed by atoms with van der Waals surface area (Å²) in [4.78, 5) is 42.8. The summed E-state index contributed by atoms with van der Waals surface area (Å²) in [5.74, 6) is 0.189. The molecule has 3 atom stereocenters. The lowest BCUT2D eigenvalue weighted by Gasteiger charge is -2.39. The molecule has 31 heavy (non-hydrogen) atoms. The van der Waals surface area contributed by atoms with E-state index in [-0.39, 0.29) is 17.8 Å². The Bertz CT molecular complexity index is 810. The number of hydrogen-bond acceptors (Lipinski definition) is 4. The number of hydrogen-bond donors (Lipinski definition) is 2. The van der Waals surface area contributed by atoms with Crippen LogP contribution in [0.3, 0.4) is 0 Å². The molecule has 0 radical (unpaired) electrons. The Morgan fingerprint density at radius 1 is 1.23 bits per heavy atom. The van der Waals surface area contributed by atoms with Crippen molar-refractivity contribution in [2.75, 3.05) is 38.0 Å². The van der Waals surface area contributed by atoms with Crippen molar-refractivity contribution in [1.82, 2.24) is 14.7 Å². The lowest BCUT2D eigenvalue weighted by molar-refractivity contribution is -0.140. The predicted octanol–water partition coefficient (Wildman–Crippen LogP) is 2.41. The Morgan fingerprint density at radius 3 is 2.71 bits per heavy atom. The third-order valence-electron chi connectivity index (χ3n) is 5.89. The number of benzene rings is 1. The lowest BCUT2D eigenvalue weighted by atomic mass is 9.97. The minimum atomic E-state index is -0.582. The molecule has 2 aliphatic heterocycles. The minimum absolute atomic E-state index is 0.0191. The average molecular weight is 451 g/mol. The van der Waals surface area contributed by atoms with Crippen molar-refractivity contribution in [3.05, 3.63) is 29.3 Å². The van der Waals surface area contributed by atoms with Crippen molar-refractivity contribution in [1.29, 1.82) is 0 Å². The lowest BCUT2D eigenvalue weighted by Crippen LogP contribution is -2.58. The number of piperazine rings is 1. The molecule has 1 aromatic carbocycles. The van der Waals surface area contributed by atoms with Gasteiger partial charge in [0.1, 0.15) is 6.04 Å². The maximum atomic E-state index is 12.8. The number of aliphatic hydroxyl groups excluding tert-OH is 1. The molecule has 0 bridgehead atoms. The van der Waals surface area contributed by atoms with Crippen LogP contribution in [0.15, 0.2) is 24.3 Å². The monoisotopic (exact) mass is 450 g/mol. The Labute approximate surface area is 188 Å². The Hall–Kier alpha value is -2.32.